The Balaban J connectivity index is 1.81. The number of unbranched alkanes of at least 4 members (excludes halogenated alkanes) is 2. The van der Waals surface area contributed by atoms with Crippen LogP contribution in [0.1, 0.15) is 78.1 Å². The highest BCUT2D eigenvalue weighted by atomic mass is 16.3. The van der Waals surface area contributed by atoms with Crippen LogP contribution in [0.5, 0.6) is 0 Å². The molecule has 0 spiro atoms. The van der Waals surface area contributed by atoms with E-state index >= 15 is 0 Å². The maximum Gasteiger partial charge on any atom is 0.217 e. The second-order valence-corrected chi connectivity index (χ2v) is 8.64. The van der Waals surface area contributed by atoms with Gasteiger partial charge in [-0.25, -0.2) is 0 Å². The van der Waals surface area contributed by atoms with E-state index < -0.39 is 5.60 Å². The van der Waals surface area contributed by atoms with Crippen LogP contribution in [0.2, 0.25) is 0 Å². The van der Waals surface area contributed by atoms with Crippen LogP contribution in [-0.2, 0) is 4.79 Å². The number of carbonyl (C=O) groups excluding carboxylic acids is 1. The Morgan fingerprint density at radius 2 is 2.15 bits per heavy atom. The number of carbonyl (C=O) groups is 1. The van der Waals surface area contributed by atoms with Crippen LogP contribution in [-0.4, -0.2) is 27.8 Å². The number of fused-ring (bicyclic) bond motifs is 1. The number of primary amides is 1. The molecule has 4 heteroatoms. The molecule has 0 radical (unpaired) electrons. The lowest BCUT2D eigenvalue weighted by Gasteiger charge is -2.22. The van der Waals surface area contributed by atoms with E-state index in [0.717, 1.165) is 51.4 Å². The van der Waals surface area contributed by atoms with Crippen molar-refractivity contribution >= 4 is 5.91 Å². The molecule has 26 heavy (non-hydrogen) atoms. The summed E-state index contributed by atoms with van der Waals surface area (Å²) >= 11 is 0. The van der Waals surface area contributed by atoms with Crippen molar-refractivity contribution in [1.82, 2.24) is 0 Å². The van der Waals surface area contributed by atoms with E-state index in [9.17, 15) is 15.0 Å². The van der Waals surface area contributed by atoms with E-state index in [-0.39, 0.29) is 17.9 Å². The molecule has 0 aromatic carbocycles. The summed E-state index contributed by atoms with van der Waals surface area (Å²) in [4.78, 5) is 10.8. The first kappa shape index (κ1) is 21.2. The second kappa shape index (κ2) is 9.70. The fourth-order valence-electron chi connectivity index (χ4n) is 4.58. The largest absolute Gasteiger partial charge is 0.392 e. The van der Waals surface area contributed by atoms with Gasteiger partial charge in [-0.3, -0.25) is 4.79 Å². The van der Waals surface area contributed by atoms with Gasteiger partial charge in [0.1, 0.15) is 0 Å². The van der Waals surface area contributed by atoms with Gasteiger partial charge in [0.25, 0.3) is 0 Å². The number of nitrogens with two attached hydrogens (primary N) is 1. The average molecular weight is 364 g/mol. The standard InChI is InChI=1S/C22H37NO3/c1-3-4-11-22(2,26)12-7-9-18-19-14-16(8-5-6-10-21(23)25)13-17(19)15-20(18)24/h7,9,13,17-20,24,26H,3-6,8,10-12,14-15H2,1-2H3,(H2,23,25)/t17-,18+,19-,20+,22+/m0/s1. The number of hydrogen-bond acceptors (Lipinski definition) is 3. The normalized spacial score (nSPS) is 30.4. The number of rotatable bonds is 11. The number of allylic oxidation sites excluding steroid dienone is 2. The minimum Gasteiger partial charge on any atom is -0.392 e. The smallest absolute Gasteiger partial charge is 0.217 e. The lowest BCUT2D eigenvalue weighted by Crippen LogP contribution is -2.23. The van der Waals surface area contributed by atoms with Gasteiger partial charge >= 0.3 is 0 Å². The summed E-state index contributed by atoms with van der Waals surface area (Å²) in [5.74, 6) is 0.950. The first-order valence-electron chi connectivity index (χ1n) is 10.4. The molecule has 0 aromatic rings. The van der Waals surface area contributed by atoms with Crippen molar-refractivity contribution in [2.24, 2.45) is 23.5 Å². The highest BCUT2D eigenvalue weighted by Crippen LogP contribution is 2.48. The van der Waals surface area contributed by atoms with Crippen molar-refractivity contribution in [3.63, 3.8) is 0 Å². The molecule has 0 aromatic heterocycles. The quantitative estimate of drug-likeness (QED) is 0.385. The summed E-state index contributed by atoms with van der Waals surface area (Å²) in [6, 6.07) is 0. The molecule has 0 saturated heterocycles. The summed E-state index contributed by atoms with van der Waals surface area (Å²) in [5.41, 5.74) is 6.02. The fraction of sp³-hybridized carbons (Fsp3) is 0.773. The van der Waals surface area contributed by atoms with E-state index in [1.807, 2.05) is 6.92 Å². The Morgan fingerprint density at radius 3 is 2.85 bits per heavy atom. The summed E-state index contributed by atoms with van der Waals surface area (Å²) in [7, 11) is 0. The van der Waals surface area contributed by atoms with Crippen molar-refractivity contribution in [2.75, 3.05) is 0 Å². The second-order valence-electron chi connectivity index (χ2n) is 8.64. The van der Waals surface area contributed by atoms with Crippen molar-refractivity contribution in [3.05, 3.63) is 23.8 Å². The van der Waals surface area contributed by atoms with Gasteiger partial charge in [0.2, 0.25) is 5.91 Å². The van der Waals surface area contributed by atoms with E-state index in [4.69, 9.17) is 5.73 Å². The third kappa shape index (κ3) is 6.24. The summed E-state index contributed by atoms with van der Waals surface area (Å²) < 4.78 is 0. The van der Waals surface area contributed by atoms with Gasteiger partial charge in [0.15, 0.2) is 0 Å². The predicted molar refractivity (Wildman–Crippen MR) is 105 cm³/mol. The molecule has 1 fully saturated rings. The van der Waals surface area contributed by atoms with Gasteiger partial charge in [-0.05, 0) is 63.7 Å². The molecule has 2 aliphatic carbocycles. The van der Waals surface area contributed by atoms with Gasteiger partial charge in [0, 0.05) is 12.3 Å². The highest BCUT2D eigenvalue weighted by molar-refractivity contribution is 5.73. The topological polar surface area (TPSA) is 83.5 Å². The molecule has 1 amide bonds. The Bertz CT molecular complexity index is 523. The van der Waals surface area contributed by atoms with Crippen LogP contribution in [0.4, 0.5) is 0 Å². The molecular formula is C22H37NO3. The molecule has 1 saturated carbocycles. The van der Waals surface area contributed by atoms with Crippen molar-refractivity contribution in [3.8, 4) is 0 Å². The van der Waals surface area contributed by atoms with E-state index in [0.29, 0.717) is 24.7 Å². The van der Waals surface area contributed by atoms with Gasteiger partial charge < -0.3 is 15.9 Å². The fourth-order valence-corrected chi connectivity index (χ4v) is 4.58. The SMILES string of the molecule is CCCC[C@@](C)(O)CC=C[C@@H]1[C@H]2CC(CCCCC(N)=O)=C[C@H]2C[C@H]1O. The first-order valence-corrected chi connectivity index (χ1v) is 10.4. The molecule has 2 rings (SSSR count). The molecule has 0 unspecified atom stereocenters. The summed E-state index contributed by atoms with van der Waals surface area (Å²) in [6.45, 7) is 4.04. The van der Waals surface area contributed by atoms with Crippen LogP contribution < -0.4 is 5.73 Å². The predicted octanol–water partition coefficient (Wildman–Crippen LogP) is 3.86. The highest BCUT2D eigenvalue weighted by Gasteiger charge is 2.43. The minimum atomic E-state index is -0.644. The summed E-state index contributed by atoms with van der Waals surface area (Å²) in [5, 5.41) is 20.9. The van der Waals surface area contributed by atoms with Crippen molar-refractivity contribution in [1.29, 1.82) is 0 Å². The number of aliphatic hydroxyl groups excluding tert-OH is 1. The Labute approximate surface area is 158 Å². The van der Waals surface area contributed by atoms with Crippen LogP contribution in [0, 0.1) is 17.8 Å². The Hall–Kier alpha value is -1.13. The number of amides is 1. The van der Waals surface area contributed by atoms with Crippen molar-refractivity contribution in [2.45, 2.75) is 89.8 Å². The lowest BCUT2D eigenvalue weighted by atomic mass is 9.87. The maximum absolute atomic E-state index is 10.8. The lowest BCUT2D eigenvalue weighted by molar-refractivity contribution is -0.118. The average Bonchev–Trinajstić information content (AvgIpc) is 3.07. The van der Waals surface area contributed by atoms with Gasteiger partial charge in [0.05, 0.1) is 11.7 Å². The van der Waals surface area contributed by atoms with E-state index in [1.54, 1.807) is 0 Å². The molecule has 148 valence electrons. The molecule has 5 atom stereocenters. The third-order valence-corrected chi connectivity index (χ3v) is 6.11. The molecule has 0 heterocycles. The molecule has 0 aliphatic heterocycles. The van der Waals surface area contributed by atoms with E-state index in [2.05, 4.69) is 25.2 Å². The van der Waals surface area contributed by atoms with E-state index in [1.165, 1.54) is 5.57 Å². The zero-order chi connectivity index (χ0) is 19.2. The minimum absolute atomic E-state index is 0.196. The van der Waals surface area contributed by atoms with Gasteiger partial charge in [-0.2, -0.15) is 0 Å². The van der Waals surface area contributed by atoms with Crippen molar-refractivity contribution < 1.29 is 15.0 Å². The molecule has 2 aliphatic rings. The number of hydrogen-bond donors (Lipinski definition) is 3. The molecule has 0 bridgehead atoms. The van der Waals surface area contributed by atoms with Crippen LogP contribution in [0.3, 0.4) is 0 Å². The van der Waals surface area contributed by atoms with Gasteiger partial charge in [-0.15, -0.1) is 0 Å². The monoisotopic (exact) mass is 363 g/mol. The Kier molecular flexibility index (Phi) is 7.90. The molecule has 4 nitrogen and oxygen atoms in total. The molecular weight excluding hydrogens is 326 g/mol. The summed E-state index contributed by atoms with van der Waals surface area (Å²) in [6.07, 6.45) is 15.2. The molecule has 4 N–H and O–H groups in total. The zero-order valence-electron chi connectivity index (χ0n) is 16.5. The third-order valence-electron chi connectivity index (χ3n) is 6.11. The van der Waals surface area contributed by atoms with Crippen LogP contribution >= 0.6 is 0 Å². The van der Waals surface area contributed by atoms with Gasteiger partial charge in [-0.1, -0.05) is 43.6 Å². The first-order chi connectivity index (χ1) is 12.3. The zero-order valence-corrected chi connectivity index (χ0v) is 16.5. The maximum atomic E-state index is 10.8. The Morgan fingerprint density at radius 1 is 1.38 bits per heavy atom. The van der Waals surface area contributed by atoms with Crippen LogP contribution in [0.15, 0.2) is 23.8 Å². The van der Waals surface area contributed by atoms with Crippen LogP contribution in [0.25, 0.3) is 0 Å². The number of aliphatic hydroxyl groups is 2.